The summed E-state index contributed by atoms with van der Waals surface area (Å²) < 4.78 is 0. The zero-order valence-corrected chi connectivity index (χ0v) is 13.3. The van der Waals surface area contributed by atoms with Gasteiger partial charge in [0.2, 0.25) is 0 Å². The smallest absolute Gasteiger partial charge is 0.142 e. The van der Waals surface area contributed by atoms with E-state index >= 15 is 0 Å². The van der Waals surface area contributed by atoms with E-state index in [2.05, 4.69) is 16.0 Å². The lowest BCUT2D eigenvalue weighted by Gasteiger charge is -2.10. The molecule has 6 heteroatoms. The largest absolute Gasteiger partial charge is 0.383 e. The molecule has 0 fully saturated rings. The maximum absolute atomic E-state index is 9.38. The average molecular weight is 341 g/mol. The Labute approximate surface area is 143 Å². The van der Waals surface area contributed by atoms with Crippen LogP contribution >= 0.6 is 23.2 Å². The Morgan fingerprint density at radius 2 is 1.70 bits per heavy atom. The SMILES string of the molecule is N#Cc1c(-c2ccncc2)cc(-c2ccc(Cl)c(Cl)c2)nc1N. The van der Waals surface area contributed by atoms with Gasteiger partial charge in [0.15, 0.2) is 0 Å². The molecule has 2 N–H and O–H groups in total. The molecule has 0 aliphatic carbocycles. The second-order valence-electron chi connectivity index (χ2n) is 4.79. The number of nitrogen functional groups attached to an aromatic ring is 1. The van der Waals surface area contributed by atoms with Crippen LogP contribution in [0.25, 0.3) is 22.4 Å². The Morgan fingerprint density at radius 1 is 0.957 bits per heavy atom. The van der Waals surface area contributed by atoms with E-state index < -0.39 is 0 Å². The lowest BCUT2D eigenvalue weighted by molar-refractivity contribution is 1.29. The van der Waals surface area contributed by atoms with Crippen LogP contribution in [0.4, 0.5) is 5.82 Å². The van der Waals surface area contributed by atoms with E-state index in [0.29, 0.717) is 26.9 Å². The summed E-state index contributed by atoms with van der Waals surface area (Å²) in [5.74, 6) is 0.169. The molecule has 3 rings (SSSR count). The highest BCUT2D eigenvalue weighted by Crippen LogP contribution is 2.33. The monoisotopic (exact) mass is 340 g/mol. The molecule has 2 aromatic heterocycles. The summed E-state index contributed by atoms with van der Waals surface area (Å²) in [6, 6.07) is 12.8. The van der Waals surface area contributed by atoms with Gasteiger partial charge < -0.3 is 5.73 Å². The molecular formula is C17H10Cl2N4. The summed E-state index contributed by atoms with van der Waals surface area (Å²) in [5, 5.41) is 10.3. The van der Waals surface area contributed by atoms with E-state index in [1.54, 1.807) is 30.6 Å². The van der Waals surface area contributed by atoms with Crippen molar-refractivity contribution < 1.29 is 0 Å². The van der Waals surface area contributed by atoms with Gasteiger partial charge in [0.1, 0.15) is 17.5 Å². The lowest BCUT2D eigenvalue weighted by atomic mass is 9.99. The highest BCUT2D eigenvalue weighted by Gasteiger charge is 2.14. The number of nitrogens with two attached hydrogens (primary N) is 1. The molecule has 23 heavy (non-hydrogen) atoms. The Bertz CT molecular complexity index is 918. The number of aromatic nitrogens is 2. The normalized spacial score (nSPS) is 10.3. The molecule has 0 spiro atoms. The van der Waals surface area contributed by atoms with Crippen molar-refractivity contribution in [2.75, 3.05) is 5.73 Å². The second-order valence-corrected chi connectivity index (χ2v) is 5.61. The first kappa shape index (κ1) is 15.3. The molecular weight excluding hydrogens is 331 g/mol. The molecule has 2 heterocycles. The number of nitriles is 1. The molecule has 0 atom stereocenters. The van der Waals surface area contributed by atoms with E-state index in [1.807, 2.05) is 18.2 Å². The fraction of sp³-hybridized carbons (Fsp3) is 0. The van der Waals surface area contributed by atoms with Gasteiger partial charge in [0.05, 0.1) is 15.7 Å². The molecule has 0 saturated carbocycles. The van der Waals surface area contributed by atoms with E-state index in [9.17, 15) is 5.26 Å². The average Bonchev–Trinajstić information content (AvgIpc) is 2.57. The molecule has 0 unspecified atom stereocenters. The van der Waals surface area contributed by atoms with Crippen LogP contribution < -0.4 is 5.73 Å². The molecule has 0 bridgehead atoms. The molecule has 0 radical (unpaired) electrons. The summed E-state index contributed by atoms with van der Waals surface area (Å²) in [4.78, 5) is 8.30. The number of rotatable bonds is 2. The van der Waals surface area contributed by atoms with Gasteiger partial charge >= 0.3 is 0 Å². The Hall–Kier alpha value is -2.61. The first-order valence-corrected chi connectivity index (χ1v) is 7.42. The van der Waals surface area contributed by atoms with Gasteiger partial charge in [-0.2, -0.15) is 5.26 Å². The molecule has 1 aromatic carbocycles. The minimum atomic E-state index is 0.169. The first-order valence-electron chi connectivity index (χ1n) is 6.66. The van der Waals surface area contributed by atoms with Gasteiger partial charge in [0.25, 0.3) is 0 Å². The predicted octanol–water partition coefficient (Wildman–Crippen LogP) is 4.57. The molecule has 0 amide bonds. The van der Waals surface area contributed by atoms with Crippen molar-refractivity contribution in [3.8, 4) is 28.5 Å². The zero-order valence-electron chi connectivity index (χ0n) is 11.8. The van der Waals surface area contributed by atoms with Crippen molar-refractivity contribution in [1.29, 1.82) is 5.26 Å². The van der Waals surface area contributed by atoms with Crippen molar-refractivity contribution in [2.45, 2.75) is 0 Å². The molecule has 3 aromatic rings. The van der Waals surface area contributed by atoms with Gasteiger partial charge in [-0.25, -0.2) is 4.98 Å². The summed E-state index contributed by atoms with van der Waals surface area (Å²) in [6.45, 7) is 0. The van der Waals surface area contributed by atoms with Crippen molar-refractivity contribution >= 4 is 29.0 Å². The lowest BCUT2D eigenvalue weighted by Crippen LogP contribution is -1.99. The third kappa shape index (κ3) is 2.98. The third-order valence-electron chi connectivity index (χ3n) is 3.37. The third-order valence-corrected chi connectivity index (χ3v) is 4.10. The molecule has 0 aliphatic rings. The van der Waals surface area contributed by atoms with E-state index in [-0.39, 0.29) is 5.82 Å². The summed E-state index contributed by atoms with van der Waals surface area (Å²) in [5.41, 5.74) is 9.22. The van der Waals surface area contributed by atoms with Crippen LogP contribution in [0.5, 0.6) is 0 Å². The van der Waals surface area contributed by atoms with Crippen LogP contribution in [0.1, 0.15) is 5.56 Å². The Morgan fingerprint density at radius 3 is 2.35 bits per heavy atom. The first-order chi connectivity index (χ1) is 11.1. The zero-order chi connectivity index (χ0) is 16.4. The molecule has 0 aliphatic heterocycles. The van der Waals surface area contributed by atoms with Gasteiger partial charge in [-0.05, 0) is 35.9 Å². The maximum Gasteiger partial charge on any atom is 0.142 e. The fourth-order valence-electron chi connectivity index (χ4n) is 2.24. The summed E-state index contributed by atoms with van der Waals surface area (Å²) in [6.07, 6.45) is 3.32. The number of nitrogens with zero attached hydrogens (tertiary/aromatic N) is 3. The molecule has 112 valence electrons. The van der Waals surface area contributed by atoms with E-state index in [1.165, 1.54) is 0 Å². The van der Waals surface area contributed by atoms with Gasteiger partial charge in [-0.15, -0.1) is 0 Å². The van der Waals surface area contributed by atoms with Crippen LogP contribution in [-0.4, -0.2) is 9.97 Å². The van der Waals surface area contributed by atoms with Crippen LogP contribution in [0, 0.1) is 11.3 Å². The van der Waals surface area contributed by atoms with Crippen LogP contribution in [0.15, 0.2) is 48.8 Å². The standard InChI is InChI=1S/C17H10Cl2N4/c18-14-2-1-11(7-15(14)19)16-8-12(10-3-5-22-6-4-10)13(9-20)17(21)23-16/h1-8H,(H2,21,23). The number of hydrogen-bond donors (Lipinski definition) is 1. The Kier molecular flexibility index (Phi) is 4.16. The minimum absolute atomic E-state index is 0.169. The second kappa shape index (κ2) is 6.25. The van der Waals surface area contributed by atoms with Gasteiger partial charge in [-0.3, -0.25) is 4.98 Å². The minimum Gasteiger partial charge on any atom is -0.383 e. The van der Waals surface area contributed by atoms with Crippen molar-refractivity contribution in [3.63, 3.8) is 0 Å². The Balaban J connectivity index is 2.23. The topological polar surface area (TPSA) is 75.6 Å². The van der Waals surface area contributed by atoms with Crippen LogP contribution in [0.3, 0.4) is 0 Å². The van der Waals surface area contributed by atoms with Crippen molar-refractivity contribution in [1.82, 2.24) is 9.97 Å². The number of pyridine rings is 2. The highest BCUT2D eigenvalue weighted by molar-refractivity contribution is 6.42. The number of benzene rings is 1. The van der Waals surface area contributed by atoms with E-state index in [0.717, 1.165) is 11.1 Å². The van der Waals surface area contributed by atoms with Gasteiger partial charge in [0, 0.05) is 23.5 Å². The van der Waals surface area contributed by atoms with Gasteiger partial charge in [-0.1, -0.05) is 29.3 Å². The number of hydrogen-bond acceptors (Lipinski definition) is 4. The predicted molar refractivity (Wildman–Crippen MR) is 92.1 cm³/mol. The molecule has 4 nitrogen and oxygen atoms in total. The van der Waals surface area contributed by atoms with E-state index in [4.69, 9.17) is 28.9 Å². The van der Waals surface area contributed by atoms with Crippen LogP contribution in [0.2, 0.25) is 10.0 Å². The quantitative estimate of drug-likeness (QED) is 0.741. The maximum atomic E-state index is 9.38. The number of anilines is 1. The van der Waals surface area contributed by atoms with Crippen molar-refractivity contribution in [2.24, 2.45) is 0 Å². The summed E-state index contributed by atoms with van der Waals surface area (Å²) in [7, 11) is 0. The van der Waals surface area contributed by atoms with Crippen molar-refractivity contribution in [3.05, 3.63) is 64.4 Å². The van der Waals surface area contributed by atoms with Crippen LogP contribution in [-0.2, 0) is 0 Å². The molecule has 0 saturated heterocycles. The highest BCUT2D eigenvalue weighted by atomic mass is 35.5. The summed E-state index contributed by atoms with van der Waals surface area (Å²) >= 11 is 12.0. The number of halogens is 2. The fourth-order valence-corrected chi connectivity index (χ4v) is 2.54.